The highest BCUT2D eigenvalue weighted by molar-refractivity contribution is 7.99. The van der Waals surface area contributed by atoms with Crippen molar-refractivity contribution in [3.63, 3.8) is 0 Å². The minimum absolute atomic E-state index is 0.415. The van der Waals surface area contributed by atoms with Gasteiger partial charge in [0, 0.05) is 29.3 Å². The smallest absolute Gasteiger partial charge is 0.0667 e. The molecule has 0 N–H and O–H groups in total. The molecule has 0 atom stereocenters. The second kappa shape index (κ2) is 7.77. The van der Waals surface area contributed by atoms with E-state index in [4.69, 9.17) is 0 Å². The zero-order valence-corrected chi connectivity index (χ0v) is 23.4. The monoisotopic (exact) mass is 556 g/mol. The highest BCUT2D eigenvalue weighted by Gasteiger charge is 2.65. The fourth-order valence-electron chi connectivity index (χ4n) is 7.34. The van der Waals surface area contributed by atoms with Crippen molar-refractivity contribution in [1.82, 2.24) is 0 Å². The van der Waals surface area contributed by atoms with Crippen molar-refractivity contribution >= 4 is 46.2 Å². The first kappa shape index (κ1) is 21.9. The first-order chi connectivity index (χ1) is 18.8. The van der Waals surface area contributed by atoms with Crippen LogP contribution in [0.4, 0.5) is 0 Å². The molecule has 2 spiro atoms. The molecule has 0 unspecified atom stereocenters. The van der Waals surface area contributed by atoms with E-state index >= 15 is 0 Å². The minimum atomic E-state index is -0.415. The summed E-state index contributed by atoms with van der Waals surface area (Å²) in [5.41, 5.74) is 7.70. The minimum Gasteiger partial charge on any atom is -0.143 e. The SMILES string of the molecule is c1ccc2c(c1)Sc1ccccc1C21c2ccsc2-c2sccc2C12c1ccccc1Sc1ccccc12. The predicted octanol–water partition coefficient (Wildman–Crippen LogP) is 10.1. The quantitative estimate of drug-likeness (QED) is 0.183. The molecule has 4 aromatic carbocycles. The van der Waals surface area contributed by atoms with E-state index in [0.29, 0.717) is 0 Å². The van der Waals surface area contributed by atoms with Gasteiger partial charge in [0.1, 0.15) is 0 Å². The Morgan fingerprint density at radius 3 is 1.00 bits per heavy atom. The van der Waals surface area contributed by atoms with Crippen molar-refractivity contribution in [2.24, 2.45) is 0 Å². The first-order valence-electron chi connectivity index (χ1n) is 12.7. The Labute approximate surface area is 238 Å². The largest absolute Gasteiger partial charge is 0.143 e. The van der Waals surface area contributed by atoms with Gasteiger partial charge in [-0.15, -0.1) is 22.7 Å². The lowest BCUT2D eigenvalue weighted by atomic mass is 9.45. The van der Waals surface area contributed by atoms with Crippen LogP contribution in [0.1, 0.15) is 33.4 Å². The van der Waals surface area contributed by atoms with Gasteiger partial charge in [-0.3, -0.25) is 0 Å². The van der Waals surface area contributed by atoms with E-state index in [1.165, 1.54) is 62.7 Å². The first-order valence-corrected chi connectivity index (χ1v) is 16.1. The molecule has 0 radical (unpaired) electrons. The summed E-state index contributed by atoms with van der Waals surface area (Å²) in [6.45, 7) is 0. The summed E-state index contributed by atoms with van der Waals surface area (Å²) in [5.74, 6) is 0. The molecule has 0 saturated carbocycles. The summed E-state index contributed by atoms with van der Waals surface area (Å²) >= 11 is 7.64. The number of thiophene rings is 2. The molecule has 2 aliphatic heterocycles. The van der Waals surface area contributed by atoms with Crippen LogP contribution in [0.2, 0.25) is 0 Å². The van der Waals surface area contributed by atoms with Crippen molar-refractivity contribution in [2.75, 3.05) is 0 Å². The van der Waals surface area contributed by atoms with Gasteiger partial charge in [0.2, 0.25) is 0 Å². The molecule has 3 aliphatic rings. The summed E-state index contributed by atoms with van der Waals surface area (Å²) in [4.78, 5) is 8.27. The molecule has 4 heteroatoms. The van der Waals surface area contributed by atoms with Crippen LogP contribution in [-0.4, -0.2) is 0 Å². The summed E-state index contributed by atoms with van der Waals surface area (Å²) in [6.07, 6.45) is 0. The van der Waals surface area contributed by atoms with Gasteiger partial charge in [0.25, 0.3) is 0 Å². The Morgan fingerprint density at radius 2 is 0.658 bits per heavy atom. The van der Waals surface area contributed by atoms with Gasteiger partial charge in [-0.1, -0.05) is 96.3 Å². The predicted molar refractivity (Wildman–Crippen MR) is 161 cm³/mol. The van der Waals surface area contributed by atoms with Gasteiger partial charge in [-0.05, 0) is 80.5 Å². The summed E-state index contributed by atoms with van der Waals surface area (Å²) in [6, 6.07) is 41.6. The second-order valence-electron chi connectivity index (χ2n) is 10.0. The average molecular weight is 557 g/mol. The third kappa shape index (κ3) is 2.42. The lowest BCUT2D eigenvalue weighted by Crippen LogP contribution is -2.56. The molecule has 1 aliphatic carbocycles. The molecule has 180 valence electrons. The number of benzene rings is 4. The van der Waals surface area contributed by atoms with E-state index in [9.17, 15) is 0 Å². The van der Waals surface area contributed by atoms with Crippen LogP contribution in [-0.2, 0) is 10.8 Å². The molecule has 0 amide bonds. The Bertz CT molecular complexity index is 1680. The zero-order valence-electron chi connectivity index (χ0n) is 20.2. The van der Waals surface area contributed by atoms with Gasteiger partial charge < -0.3 is 0 Å². The van der Waals surface area contributed by atoms with Gasteiger partial charge in [-0.2, -0.15) is 0 Å². The van der Waals surface area contributed by atoms with Crippen LogP contribution in [0.5, 0.6) is 0 Å². The number of hydrogen-bond donors (Lipinski definition) is 0. The van der Waals surface area contributed by atoms with Crippen molar-refractivity contribution in [3.05, 3.63) is 153 Å². The van der Waals surface area contributed by atoms with Gasteiger partial charge in [0.05, 0.1) is 10.8 Å². The van der Waals surface area contributed by atoms with Crippen molar-refractivity contribution < 1.29 is 0 Å². The van der Waals surface area contributed by atoms with Crippen LogP contribution in [0.3, 0.4) is 0 Å². The standard InChI is InChI=1S/C34H20S4/c1-5-13-27-21(9-1)33(22-10-2-6-14-28(22)37-27)25-17-19-35-31(25)32-26(18-20-36-32)34(33)23-11-3-7-15-29(23)38-30-16-8-4-12-24(30)34/h1-20H. The topological polar surface area (TPSA) is 0 Å². The van der Waals surface area contributed by atoms with Gasteiger partial charge in [-0.25, -0.2) is 0 Å². The van der Waals surface area contributed by atoms with E-state index in [2.05, 4.69) is 120 Å². The van der Waals surface area contributed by atoms with Gasteiger partial charge >= 0.3 is 0 Å². The molecule has 4 heterocycles. The van der Waals surface area contributed by atoms with Crippen LogP contribution >= 0.6 is 46.2 Å². The third-order valence-electron chi connectivity index (χ3n) is 8.51. The maximum absolute atomic E-state index is 2.43. The fourth-order valence-corrected chi connectivity index (χ4v) is 11.8. The molecule has 38 heavy (non-hydrogen) atoms. The van der Waals surface area contributed by atoms with E-state index in [0.717, 1.165) is 0 Å². The maximum Gasteiger partial charge on any atom is 0.0667 e. The molecule has 0 bridgehead atoms. The normalized spacial score (nSPS) is 16.6. The van der Waals surface area contributed by atoms with Crippen LogP contribution in [0, 0.1) is 0 Å². The molecule has 0 fully saturated rings. The molecule has 6 aromatic rings. The lowest BCUT2D eigenvalue weighted by Gasteiger charge is -2.58. The number of rotatable bonds is 0. The van der Waals surface area contributed by atoms with E-state index < -0.39 is 10.8 Å². The van der Waals surface area contributed by atoms with Crippen LogP contribution < -0.4 is 0 Å². The third-order valence-corrected chi connectivity index (χ3v) is 12.8. The van der Waals surface area contributed by atoms with E-state index in [-0.39, 0.29) is 0 Å². The highest BCUT2D eigenvalue weighted by atomic mass is 32.2. The van der Waals surface area contributed by atoms with Crippen molar-refractivity contribution in [2.45, 2.75) is 30.4 Å². The molecule has 0 nitrogen and oxygen atoms in total. The Morgan fingerprint density at radius 1 is 0.342 bits per heavy atom. The highest BCUT2D eigenvalue weighted by Crippen LogP contribution is 2.72. The fraction of sp³-hybridized carbons (Fsp3) is 0.0588. The van der Waals surface area contributed by atoms with E-state index in [1.807, 2.05) is 46.2 Å². The summed E-state index contributed by atoms with van der Waals surface area (Å²) in [7, 11) is 0. The van der Waals surface area contributed by atoms with E-state index in [1.54, 1.807) is 0 Å². The maximum atomic E-state index is 2.43. The van der Waals surface area contributed by atoms with Crippen molar-refractivity contribution in [3.8, 4) is 9.75 Å². The molecule has 2 aromatic heterocycles. The molecular weight excluding hydrogens is 537 g/mol. The molecule has 0 saturated heterocycles. The van der Waals surface area contributed by atoms with Crippen LogP contribution in [0.15, 0.2) is 140 Å². The Balaban J connectivity index is 1.62. The summed E-state index contributed by atoms with van der Waals surface area (Å²) in [5, 5.41) is 4.63. The summed E-state index contributed by atoms with van der Waals surface area (Å²) < 4.78 is 0. The second-order valence-corrected chi connectivity index (χ2v) is 14.0. The Kier molecular flexibility index (Phi) is 4.47. The van der Waals surface area contributed by atoms with Crippen molar-refractivity contribution in [1.29, 1.82) is 0 Å². The molecular formula is C34H20S4. The number of fused-ring (bicyclic) bond motifs is 14. The lowest BCUT2D eigenvalue weighted by molar-refractivity contribution is 0.391. The van der Waals surface area contributed by atoms with Gasteiger partial charge in [0.15, 0.2) is 0 Å². The Hall–Kier alpha value is -3.02. The zero-order chi connectivity index (χ0) is 24.9. The van der Waals surface area contributed by atoms with Crippen LogP contribution in [0.25, 0.3) is 9.75 Å². The average Bonchev–Trinajstić information content (AvgIpc) is 3.65. The number of hydrogen-bond acceptors (Lipinski definition) is 4. The molecule has 9 rings (SSSR count).